The van der Waals surface area contributed by atoms with Crippen molar-refractivity contribution >= 4 is 16.6 Å². The normalized spacial score (nSPS) is 19.2. The zero-order valence-corrected chi connectivity index (χ0v) is 17.1. The maximum Gasteiger partial charge on any atom is 0.169 e. The fraction of sp³-hybridized carbons (Fsp3) is 0.269. The molecule has 3 aromatic carbocycles. The molecule has 2 atom stereocenters. The first-order valence-electron chi connectivity index (χ1n) is 10.6. The predicted molar refractivity (Wildman–Crippen MR) is 118 cm³/mol. The molecule has 4 nitrogen and oxygen atoms in total. The number of nitrogens with zero attached hydrogens (tertiary/aromatic N) is 1. The van der Waals surface area contributed by atoms with Crippen molar-refractivity contribution in [3.8, 4) is 11.5 Å². The molecule has 4 heteroatoms. The number of fused-ring (bicyclic) bond motifs is 2. The summed E-state index contributed by atoms with van der Waals surface area (Å²) in [6.07, 6.45) is 4.72. The Hall–Kier alpha value is -3.11. The Kier molecular flexibility index (Phi) is 5.01. The van der Waals surface area contributed by atoms with Crippen LogP contribution in [0.4, 0.5) is 0 Å². The number of rotatable bonds is 5. The zero-order valence-electron chi connectivity index (χ0n) is 17.1. The molecule has 3 aromatic rings. The third-order valence-corrected chi connectivity index (χ3v) is 6.27. The largest absolute Gasteiger partial charge is 0.458 e. The van der Waals surface area contributed by atoms with Gasteiger partial charge in [-0.1, -0.05) is 42.5 Å². The van der Waals surface area contributed by atoms with Gasteiger partial charge in [0.1, 0.15) is 12.5 Å². The minimum absolute atomic E-state index is 0.183. The third kappa shape index (κ3) is 3.71. The van der Waals surface area contributed by atoms with E-state index in [1.54, 1.807) is 0 Å². The van der Waals surface area contributed by atoms with Gasteiger partial charge in [-0.15, -0.1) is 0 Å². The molecule has 0 aliphatic carbocycles. The van der Waals surface area contributed by atoms with Crippen LogP contribution in [0.15, 0.2) is 73.2 Å². The van der Waals surface area contributed by atoms with Gasteiger partial charge in [-0.25, -0.2) is 0 Å². The number of carbonyl (C=O) groups is 1. The molecule has 0 aromatic heterocycles. The second kappa shape index (κ2) is 7.96. The van der Waals surface area contributed by atoms with Crippen LogP contribution in [0.5, 0.6) is 11.5 Å². The average Bonchev–Trinajstić information content (AvgIpc) is 3.28. The molecule has 0 bridgehead atoms. The number of ether oxygens (including phenoxy) is 2. The van der Waals surface area contributed by atoms with Gasteiger partial charge in [0.15, 0.2) is 17.3 Å². The number of Topliss-reactive ketones (excluding diaryl/α,β-unsaturated/α-hetero) is 1. The van der Waals surface area contributed by atoms with Gasteiger partial charge < -0.3 is 9.47 Å². The molecule has 2 aliphatic heterocycles. The Morgan fingerprint density at radius 1 is 1.00 bits per heavy atom. The highest BCUT2D eigenvalue weighted by atomic mass is 16.5. The third-order valence-electron chi connectivity index (χ3n) is 6.27. The van der Waals surface area contributed by atoms with Crippen LogP contribution in [0.3, 0.4) is 0 Å². The van der Waals surface area contributed by atoms with Gasteiger partial charge in [0, 0.05) is 24.6 Å². The summed E-state index contributed by atoms with van der Waals surface area (Å²) in [5.74, 6) is 2.11. The van der Waals surface area contributed by atoms with Crippen LogP contribution in [-0.4, -0.2) is 29.8 Å². The average molecular weight is 399 g/mol. The molecule has 1 saturated heterocycles. The molecule has 0 radical (unpaired) electrons. The first kappa shape index (κ1) is 18.9. The lowest BCUT2D eigenvalue weighted by Gasteiger charge is -2.24. The van der Waals surface area contributed by atoms with Gasteiger partial charge in [0.25, 0.3) is 0 Å². The van der Waals surface area contributed by atoms with Crippen molar-refractivity contribution in [2.75, 3.05) is 13.1 Å². The molecule has 152 valence electrons. The second-order valence-corrected chi connectivity index (χ2v) is 8.24. The predicted octanol–water partition coefficient (Wildman–Crippen LogP) is 5.53. The van der Waals surface area contributed by atoms with Crippen LogP contribution in [0, 0.1) is 0 Å². The number of carbonyl (C=O) groups excluding carboxylic acids is 1. The fourth-order valence-electron chi connectivity index (χ4n) is 4.52. The van der Waals surface area contributed by atoms with E-state index in [-0.39, 0.29) is 11.8 Å². The van der Waals surface area contributed by atoms with Crippen molar-refractivity contribution in [3.63, 3.8) is 0 Å². The molecule has 0 spiro atoms. The van der Waals surface area contributed by atoms with Crippen LogP contribution in [0.2, 0.25) is 0 Å². The fourth-order valence-corrected chi connectivity index (χ4v) is 4.52. The molecular formula is C26H25NO3. The quantitative estimate of drug-likeness (QED) is 0.529. The van der Waals surface area contributed by atoms with Crippen molar-refractivity contribution in [1.29, 1.82) is 0 Å². The Balaban J connectivity index is 1.27. The summed E-state index contributed by atoms with van der Waals surface area (Å²) in [5, 5.41) is 2.01. The van der Waals surface area contributed by atoms with Gasteiger partial charge in [-0.05, 0) is 60.3 Å². The minimum atomic E-state index is 0.183. The Morgan fingerprint density at radius 3 is 2.50 bits per heavy atom. The summed E-state index contributed by atoms with van der Waals surface area (Å²) in [7, 11) is 0. The van der Waals surface area contributed by atoms with Crippen LogP contribution in [-0.2, 0) is 0 Å². The van der Waals surface area contributed by atoms with Crippen LogP contribution >= 0.6 is 0 Å². The van der Waals surface area contributed by atoms with Crippen LogP contribution in [0.25, 0.3) is 10.8 Å². The lowest BCUT2D eigenvalue weighted by Crippen LogP contribution is -2.32. The summed E-state index contributed by atoms with van der Waals surface area (Å²) in [5.41, 5.74) is 2.15. The molecule has 2 heterocycles. The van der Waals surface area contributed by atoms with E-state index in [0.717, 1.165) is 35.8 Å². The summed E-state index contributed by atoms with van der Waals surface area (Å²) >= 11 is 0. The van der Waals surface area contributed by atoms with Crippen molar-refractivity contribution < 1.29 is 14.3 Å². The molecule has 30 heavy (non-hydrogen) atoms. The van der Waals surface area contributed by atoms with Crippen LogP contribution < -0.4 is 9.47 Å². The van der Waals surface area contributed by atoms with Crippen molar-refractivity contribution in [2.24, 2.45) is 0 Å². The van der Waals surface area contributed by atoms with E-state index in [4.69, 9.17) is 9.47 Å². The molecule has 2 unspecified atom stereocenters. The molecule has 5 rings (SSSR count). The van der Waals surface area contributed by atoms with Crippen molar-refractivity contribution in [3.05, 3.63) is 84.3 Å². The van der Waals surface area contributed by atoms with E-state index in [0.29, 0.717) is 23.8 Å². The molecule has 0 saturated carbocycles. The van der Waals surface area contributed by atoms with Crippen molar-refractivity contribution in [1.82, 2.24) is 4.90 Å². The van der Waals surface area contributed by atoms with Gasteiger partial charge in [0.2, 0.25) is 0 Å². The number of hydrogen-bond acceptors (Lipinski definition) is 4. The Bertz CT molecular complexity index is 1110. The molecule has 0 N–H and O–H groups in total. The van der Waals surface area contributed by atoms with Gasteiger partial charge >= 0.3 is 0 Å². The van der Waals surface area contributed by atoms with E-state index in [1.807, 2.05) is 30.3 Å². The first-order chi connectivity index (χ1) is 14.7. The lowest BCUT2D eigenvalue weighted by molar-refractivity contribution is 0.0940. The van der Waals surface area contributed by atoms with Crippen molar-refractivity contribution in [2.45, 2.75) is 31.7 Å². The van der Waals surface area contributed by atoms with E-state index in [1.165, 1.54) is 18.1 Å². The highest BCUT2D eigenvalue weighted by Gasteiger charge is 2.28. The summed E-state index contributed by atoms with van der Waals surface area (Å²) in [6, 6.07) is 20.7. The monoisotopic (exact) mass is 399 g/mol. The van der Waals surface area contributed by atoms with E-state index >= 15 is 0 Å². The Labute approximate surface area is 176 Å². The van der Waals surface area contributed by atoms with Gasteiger partial charge in [0.05, 0.1) is 0 Å². The second-order valence-electron chi connectivity index (χ2n) is 8.24. The molecule has 0 amide bonds. The molecular weight excluding hydrogens is 374 g/mol. The first-order valence-corrected chi connectivity index (χ1v) is 10.6. The number of ketones is 1. The van der Waals surface area contributed by atoms with E-state index in [2.05, 4.69) is 42.2 Å². The van der Waals surface area contributed by atoms with Gasteiger partial charge in [-0.2, -0.15) is 0 Å². The zero-order chi connectivity index (χ0) is 20.5. The maximum absolute atomic E-state index is 13.0. The van der Waals surface area contributed by atoms with Crippen LogP contribution in [0.1, 0.15) is 41.6 Å². The van der Waals surface area contributed by atoms with E-state index in [9.17, 15) is 4.79 Å². The minimum Gasteiger partial charge on any atom is -0.458 e. The van der Waals surface area contributed by atoms with E-state index < -0.39 is 0 Å². The highest BCUT2D eigenvalue weighted by molar-refractivity contribution is 6.00. The smallest absolute Gasteiger partial charge is 0.169 e. The number of hydrogen-bond donors (Lipinski definition) is 0. The summed E-state index contributed by atoms with van der Waals surface area (Å²) < 4.78 is 11.0. The standard InChI is InChI=1S/C26H25NO3/c1-18(27-10-9-22(17-27)19-5-3-2-4-6-19)13-24(28)21-8-7-20-15-25-26(16-23(20)14-21)30-12-11-29-25/h2-8,11-12,14-16,18,22H,9-10,13,17H2,1H3. The lowest BCUT2D eigenvalue weighted by atomic mass is 9.98. The highest BCUT2D eigenvalue weighted by Crippen LogP contribution is 2.35. The molecule has 1 fully saturated rings. The summed E-state index contributed by atoms with van der Waals surface area (Å²) in [4.78, 5) is 15.5. The number of likely N-dealkylation sites (tertiary alicyclic amines) is 1. The molecule has 2 aliphatic rings. The topological polar surface area (TPSA) is 38.8 Å². The number of benzene rings is 3. The summed E-state index contributed by atoms with van der Waals surface area (Å²) in [6.45, 7) is 4.23. The SMILES string of the molecule is CC(CC(=O)c1ccc2cc3c(cc2c1)OC=CO3)N1CCC(c2ccccc2)C1. The maximum atomic E-state index is 13.0. The Morgan fingerprint density at radius 2 is 1.73 bits per heavy atom. The van der Waals surface area contributed by atoms with Gasteiger partial charge in [-0.3, -0.25) is 9.69 Å².